The molecule has 0 aliphatic rings. The zero-order chi connectivity index (χ0) is 14.0. The molecular weight excluding hydrogens is 347 g/mol. The van der Waals surface area contributed by atoms with Crippen LogP contribution in [-0.2, 0) is 10.8 Å². The summed E-state index contributed by atoms with van der Waals surface area (Å²) in [5.74, 6) is -0.372. The van der Waals surface area contributed by atoms with E-state index in [2.05, 4.69) is 0 Å². The predicted molar refractivity (Wildman–Crippen MR) is 81.4 cm³/mol. The molecular formula is C12H7Cl3O2S2. The summed E-state index contributed by atoms with van der Waals surface area (Å²) in [6, 6.07) is 7.92. The Labute approximate surface area is 131 Å². The van der Waals surface area contributed by atoms with Crippen molar-refractivity contribution in [2.45, 2.75) is 4.90 Å². The molecule has 0 N–H and O–H groups in total. The number of carbonyl (C=O) groups excluding carboxylic acids is 1. The average Bonchev–Trinajstić information content (AvgIpc) is 2.79. The van der Waals surface area contributed by atoms with E-state index in [0.29, 0.717) is 24.2 Å². The van der Waals surface area contributed by atoms with E-state index in [9.17, 15) is 9.00 Å². The molecule has 0 aliphatic heterocycles. The van der Waals surface area contributed by atoms with Crippen LogP contribution in [0.25, 0.3) is 0 Å². The number of thiophene rings is 1. The Kier molecular flexibility index (Phi) is 5.03. The van der Waals surface area contributed by atoms with Gasteiger partial charge >= 0.3 is 0 Å². The fourth-order valence-corrected chi connectivity index (χ4v) is 4.16. The Morgan fingerprint density at radius 1 is 1.16 bits per heavy atom. The summed E-state index contributed by atoms with van der Waals surface area (Å²) in [5.41, 5.74) is 0. The standard InChI is InChI=1S/C12H7Cl3O2S2/c13-7-1-2-8(14)11(5-7)19(17)6-9(16)10-3-4-12(15)18-10/h1-5H,6H2. The highest BCUT2D eigenvalue weighted by atomic mass is 35.5. The van der Waals surface area contributed by atoms with Crippen LogP contribution < -0.4 is 0 Å². The second kappa shape index (κ2) is 6.37. The van der Waals surface area contributed by atoms with Crippen molar-refractivity contribution in [3.8, 4) is 0 Å². The molecule has 0 saturated heterocycles. The van der Waals surface area contributed by atoms with E-state index in [0.717, 1.165) is 11.3 Å². The highest BCUT2D eigenvalue weighted by Crippen LogP contribution is 2.26. The van der Waals surface area contributed by atoms with E-state index >= 15 is 0 Å². The van der Waals surface area contributed by atoms with Gasteiger partial charge in [0.25, 0.3) is 0 Å². The smallest absolute Gasteiger partial charge is 0.185 e. The van der Waals surface area contributed by atoms with Crippen molar-refractivity contribution in [3.05, 3.63) is 49.6 Å². The molecule has 2 aromatic rings. The number of rotatable bonds is 4. The van der Waals surface area contributed by atoms with Crippen molar-refractivity contribution in [2.24, 2.45) is 0 Å². The molecule has 0 spiro atoms. The minimum atomic E-state index is -1.53. The maximum atomic E-state index is 12.1. The van der Waals surface area contributed by atoms with Gasteiger partial charge in [-0.1, -0.05) is 34.8 Å². The largest absolute Gasteiger partial charge is 0.292 e. The van der Waals surface area contributed by atoms with Gasteiger partial charge in [0.05, 0.1) is 35.7 Å². The first-order valence-electron chi connectivity index (χ1n) is 5.09. The zero-order valence-corrected chi connectivity index (χ0v) is 13.3. The third-order valence-corrected chi connectivity index (χ3v) is 5.55. The lowest BCUT2D eigenvalue weighted by molar-refractivity contribution is 0.102. The first kappa shape index (κ1) is 15.0. The minimum absolute atomic E-state index is 0.142. The van der Waals surface area contributed by atoms with Crippen LogP contribution in [0.15, 0.2) is 35.2 Å². The maximum Gasteiger partial charge on any atom is 0.185 e. The van der Waals surface area contributed by atoms with Gasteiger partial charge in [-0.15, -0.1) is 11.3 Å². The summed E-state index contributed by atoms with van der Waals surface area (Å²) in [6.07, 6.45) is 0. The molecule has 19 heavy (non-hydrogen) atoms. The van der Waals surface area contributed by atoms with Crippen molar-refractivity contribution >= 4 is 62.7 Å². The first-order chi connectivity index (χ1) is 8.97. The molecule has 0 aliphatic carbocycles. The molecule has 0 fully saturated rings. The number of benzene rings is 1. The molecule has 1 atom stereocenters. The number of hydrogen-bond donors (Lipinski definition) is 0. The third kappa shape index (κ3) is 3.80. The second-order valence-corrected chi connectivity index (χ2v) is 7.57. The number of ketones is 1. The van der Waals surface area contributed by atoms with E-state index in [1.165, 1.54) is 6.07 Å². The number of Topliss-reactive ketones (excluding diaryl/α,β-unsaturated/α-hetero) is 1. The van der Waals surface area contributed by atoms with Gasteiger partial charge in [-0.25, -0.2) is 0 Å². The van der Waals surface area contributed by atoms with E-state index in [1.807, 2.05) is 0 Å². The van der Waals surface area contributed by atoms with Crippen LogP contribution in [0.3, 0.4) is 0 Å². The van der Waals surface area contributed by atoms with Crippen LogP contribution in [0.4, 0.5) is 0 Å². The van der Waals surface area contributed by atoms with E-state index in [1.54, 1.807) is 24.3 Å². The molecule has 2 nitrogen and oxygen atoms in total. The van der Waals surface area contributed by atoms with Gasteiger partial charge in [0.1, 0.15) is 0 Å². The summed E-state index contributed by atoms with van der Waals surface area (Å²) in [6.45, 7) is 0. The Hall–Kier alpha value is -0.390. The molecule has 0 bridgehead atoms. The Morgan fingerprint density at radius 3 is 2.53 bits per heavy atom. The lowest BCUT2D eigenvalue weighted by Crippen LogP contribution is -2.10. The van der Waals surface area contributed by atoms with Gasteiger partial charge in [-0.05, 0) is 30.3 Å². The molecule has 1 aromatic carbocycles. The number of halogens is 3. The van der Waals surface area contributed by atoms with Crippen molar-refractivity contribution in [1.82, 2.24) is 0 Å². The molecule has 1 heterocycles. The lowest BCUT2D eigenvalue weighted by atomic mass is 10.3. The normalized spacial score (nSPS) is 12.4. The zero-order valence-electron chi connectivity index (χ0n) is 9.36. The van der Waals surface area contributed by atoms with E-state index in [-0.39, 0.29) is 11.5 Å². The summed E-state index contributed by atoms with van der Waals surface area (Å²) in [5, 5.41) is 0.763. The Balaban J connectivity index is 2.17. The number of carbonyl (C=O) groups is 1. The lowest BCUT2D eigenvalue weighted by Gasteiger charge is -2.04. The highest BCUT2D eigenvalue weighted by Gasteiger charge is 2.16. The van der Waals surface area contributed by atoms with Crippen LogP contribution in [0.2, 0.25) is 14.4 Å². The quantitative estimate of drug-likeness (QED) is 0.747. The SMILES string of the molecule is O=C(CS(=O)c1cc(Cl)ccc1Cl)c1ccc(Cl)s1. The summed E-state index contributed by atoms with van der Waals surface area (Å²) < 4.78 is 12.7. The van der Waals surface area contributed by atoms with Crippen LogP contribution in [0, 0.1) is 0 Å². The van der Waals surface area contributed by atoms with Gasteiger partial charge in [0.2, 0.25) is 0 Å². The molecule has 0 saturated carbocycles. The fraction of sp³-hybridized carbons (Fsp3) is 0.0833. The summed E-state index contributed by atoms with van der Waals surface area (Å²) >= 11 is 18.7. The van der Waals surface area contributed by atoms with Crippen molar-refractivity contribution in [3.63, 3.8) is 0 Å². The molecule has 100 valence electrons. The molecule has 0 amide bonds. The van der Waals surface area contributed by atoms with E-state index in [4.69, 9.17) is 34.8 Å². The minimum Gasteiger partial charge on any atom is -0.292 e. The summed E-state index contributed by atoms with van der Waals surface area (Å²) in [7, 11) is -1.53. The van der Waals surface area contributed by atoms with Gasteiger partial charge in [0.15, 0.2) is 5.78 Å². The van der Waals surface area contributed by atoms with Crippen molar-refractivity contribution in [2.75, 3.05) is 5.75 Å². The topological polar surface area (TPSA) is 34.1 Å². The van der Waals surface area contributed by atoms with Gasteiger partial charge < -0.3 is 0 Å². The molecule has 0 radical (unpaired) electrons. The number of hydrogen-bond acceptors (Lipinski definition) is 3. The third-order valence-electron chi connectivity index (χ3n) is 2.25. The van der Waals surface area contributed by atoms with Crippen LogP contribution in [-0.4, -0.2) is 15.7 Å². The maximum absolute atomic E-state index is 12.1. The summed E-state index contributed by atoms with van der Waals surface area (Å²) in [4.78, 5) is 12.8. The van der Waals surface area contributed by atoms with Crippen molar-refractivity contribution < 1.29 is 9.00 Å². The molecule has 1 aromatic heterocycles. The Bertz CT molecular complexity index is 652. The van der Waals surface area contributed by atoms with Crippen LogP contribution in [0.5, 0.6) is 0 Å². The first-order valence-corrected chi connectivity index (χ1v) is 8.36. The molecule has 1 unspecified atom stereocenters. The van der Waals surface area contributed by atoms with Gasteiger partial charge in [0, 0.05) is 5.02 Å². The molecule has 2 rings (SSSR count). The average molecular weight is 354 g/mol. The van der Waals surface area contributed by atoms with Crippen molar-refractivity contribution in [1.29, 1.82) is 0 Å². The Morgan fingerprint density at radius 2 is 1.89 bits per heavy atom. The fourth-order valence-electron chi connectivity index (χ4n) is 1.38. The van der Waals surface area contributed by atoms with Gasteiger partial charge in [-0.2, -0.15) is 0 Å². The molecule has 7 heteroatoms. The van der Waals surface area contributed by atoms with Crippen LogP contribution in [0.1, 0.15) is 9.67 Å². The van der Waals surface area contributed by atoms with Crippen LogP contribution >= 0.6 is 46.1 Å². The van der Waals surface area contributed by atoms with Gasteiger partial charge in [-0.3, -0.25) is 9.00 Å². The van der Waals surface area contributed by atoms with E-state index < -0.39 is 10.8 Å². The monoisotopic (exact) mass is 352 g/mol. The highest BCUT2D eigenvalue weighted by molar-refractivity contribution is 7.86. The second-order valence-electron chi connectivity index (χ2n) is 3.59. The predicted octanol–water partition coefficient (Wildman–Crippen LogP) is 4.70.